The van der Waals surface area contributed by atoms with Crippen LogP contribution in [0.25, 0.3) is 0 Å². The van der Waals surface area contributed by atoms with Crippen LogP contribution in [0, 0.1) is 0 Å². The Bertz CT molecular complexity index is 562. The highest BCUT2D eigenvalue weighted by Gasteiger charge is 2.09. The van der Waals surface area contributed by atoms with Gasteiger partial charge in [0, 0.05) is 6.07 Å². The molecule has 4 nitrogen and oxygen atoms in total. The molecule has 7 heteroatoms. The minimum absolute atomic E-state index is 0.134. The van der Waals surface area contributed by atoms with Gasteiger partial charge in [-0.1, -0.05) is 34.8 Å². The molecule has 0 atom stereocenters. The van der Waals surface area contributed by atoms with Crippen molar-refractivity contribution in [2.45, 2.75) is 0 Å². The number of anilines is 1. The van der Waals surface area contributed by atoms with Crippen molar-refractivity contribution in [3.05, 3.63) is 39.7 Å². The van der Waals surface area contributed by atoms with E-state index < -0.39 is 0 Å². The first-order valence-corrected chi connectivity index (χ1v) is 5.60. The van der Waals surface area contributed by atoms with Crippen LogP contribution in [-0.4, -0.2) is 9.97 Å². The Balaban J connectivity index is 2.31. The Hall–Kier alpha value is -1.23. The normalized spacial score (nSPS) is 10.3. The van der Waals surface area contributed by atoms with Gasteiger partial charge in [-0.3, -0.25) is 0 Å². The van der Waals surface area contributed by atoms with Crippen molar-refractivity contribution in [3.8, 4) is 11.6 Å². The number of nitrogens with zero attached hydrogens (tertiary/aromatic N) is 2. The van der Waals surface area contributed by atoms with Crippen molar-refractivity contribution in [1.29, 1.82) is 0 Å². The summed E-state index contributed by atoms with van der Waals surface area (Å²) in [7, 11) is 0. The number of nitrogens with two attached hydrogens (primary N) is 1. The number of nitrogen functional groups attached to an aromatic ring is 1. The van der Waals surface area contributed by atoms with Crippen LogP contribution in [0.3, 0.4) is 0 Å². The highest BCUT2D eigenvalue weighted by Crippen LogP contribution is 2.32. The second kappa shape index (κ2) is 4.96. The summed E-state index contributed by atoms with van der Waals surface area (Å²) in [6.07, 6.45) is 1.26. The van der Waals surface area contributed by atoms with E-state index in [1.165, 1.54) is 6.33 Å². The summed E-state index contributed by atoms with van der Waals surface area (Å²) in [4.78, 5) is 7.58. The van der Waals surface area contributed by atoms with Crippen LogP contribution in [-0.2, 0) is 0 Å². The lowest BCUT2D eigenvalue weighted by atomic mass is 10.3. The van der Waals surface area contributed by atoms with Crippen LogP contribution in [0.5, 0.6) is 11.6 Å². The van der Waals surface area contributed by atoms with Crippen LogP contribution < -0.4 is 10.5 Å². The molecule has 0 bridgehead atoms. The van der Waals surface area contributed by atoms with Gasteiger partial charge in [-0.15, -0.1) is 0 Å². The predicted octanol–water partition coefficient (Wildman–Crippen LogP) is 3.81. The fourth-order valence-corrected chi connectivity index (χ4v) is 1.51. The van der Waals surface area contributed by atoms with Gasteiger partial charge in [0.05, 0.1) is 10.0 Å². The van der Waals surface area contributed by atoms with Crippen molar-refractivity contribution in [1.82, 2.24) is 9.97 Å². The van der Waals surface area contributed by atoms with E-state index in [2.05, 4.69) is 9.97 Å². The molecule has 17 heavy (non-hydrogen) atoms. The minimum Gasteiger partial charge on any atom is -0.437 e. The average molecular weight is 291 g/mol. The number of ether oxygens (including phenoxy) is 1. The van der Waals surface area contributed by atoms with Crippen LogP contribution in [0.4, 0.5) is 5.69 Å². The molecular formula is C10H6Cl3N3O. The summed E-state index contributed by atoms with van der Waals surface area (Å²) < 4.78 is 5.42. The Labute approximate surface area is 112 Å². The third-order valence-corrected chi connectivity index (χ3v) is 2.94. The third-order valence-electron chi connectivity index (χ3n) is 1.90. The molecule has 2 N–H and O–H groups in total. The zero-order valence-electron chi connectivity index (χ0n) is 8.32. The first kappa shape index (κ1) is 12.2. The second-order valence-electron chi connectivity index (χ2n) is 3.06. The van der Waals surface area contributed by atoms with Crippen molar-refractivity contribution in [2.75, 3.05) is 5.73 Å². The van der Waals surface area contributed by atoms with Gasteiger partial charge in [-0.25, -0.2) is 4.98 Å². The quantitative estimate of drug-likeness (QED) is 0.854. The Kier molecular flexibility index (Phi) is 3.57. The molecule has 1 heterocycles. The fraction of sp³-hybridized carbons (Fsp3) is 0. The first-order valence-electron chi connectivity index (χ1n) is 4.47. The number of hydrogen-bond acceptors (Lipinski definition) is 4. The van der Waals surface area contributed by atoms with Gasteiger partial charge in [-0.05, 0) is 12.1 Å². The lowest BCUT2D eigenvalue weighted by Gasteiger charge is -2.08. The first-order chi connectivity index (χ1) is 8.08. The number of aromatic nitrogens is 2. The standard InChI is InChI=1S/C10H6Cl3N3O/c11-6-2-1-5(3-7(6)12)17-10-8(14)9(13)15-4-16-10/h1-4H,14H2. The summed E-state index contributed by atoms with van der Waals surface area (Å²) in [6.45, 7) is 0. The average Bonchev–Trinajstić information content (AvgIpc) is 2.30. The van der Waals surface area contributed by atoms with Gasteiger partial charge < -0.3 is 10.5 Å². The summed E-state index contributed by atoms with van der Waals surface area (Å²) in [5.74, 6) is 0.629. The molecule has 0 aliphatic carbocycles. The maximum Gasteiger partial charge on any atom is 0.247 e. The molecule has 88 valence electrons. The zero-order chi connectivity index (χ0) is 12.4. The van der Waals surface area contributed by atoms with E-state index in [1.54, 1.807) is 18.2 Å². The maximum atomic E-state index is 5.85. The van der Waals surface area contributed by atoms with E-state index in [4.69, 9.17) is 45.3 Å². The number of hydrogen-bond donors (Lipinski definition) is 1. The van der Waals surface area contributed by atoms with Crippen LogP contribution in [0.2, 0.25) is 15.2 Å². The minimum atomic E-state index is 0.134. The van der Waals surface area contributed by atoms with Gasteiger partial charge in [0.2, 0.25) is 5.88 Å². The zero-order valence-corrected chi connectivity index (χ0v) is 10.6. The molecule has 0 aliphatic rings. The molecule has 0 unspecified atom stereocenters. The molecule has 2 aromatic rings. The topological polar surface area (TPSA) is 61.0 Å². The SMILES string of the molecule is Nc1c(Cl)ncnc1Oc1ccc(Cl)c(Cl)c1. The van der Waals surface area contributed by atoms with Crippen LogP contribution in [0.1, 0.15) is 0 Å². The van der Waals surface area contributed by atoms with Crippen LogP contribution in [0.15, 0.2) is 24.5 Å². The van der Waals surface area contributed by atoms with E-state index in [0.29, 0.717) is 15.8 Å². The maximum absolute atomic E-state index is 5.85. The van der Waals surface area contributed by atoms with Crippen molar-refractivity contribution >= 4 is 40.5 Å². The molecule has 2 rings (SSSR count). The molecule has 1 aromatic heterocycles. The smallest absolute Gasteiger partial charge is 0.247 e. The van der Waals surface area contributed by atoms with E-state index in [0.717, 1.165) is 0 Å². The fourth-order valence-electron chi connectivity index (χ4n) is 1.09. The lowest BCUT2D eigenvalue weighted by Crippen LogP contribution is -1.97. The number of benzene rings is 1. The van der Waals surface area contributed by atoms with Gasteiger partial charge in [0.15, 0.2) is 5.15 Å². The van der Waals surface area contributed by atoms with Gasteiger partial charge in [0.1, 0.15) is 17.8 Å². The van der Waals surface area contributed by atoms with Crippen molar-refractivity contribution < 1.29 is 4.74 Å². The van der Waals surface area contributed by atoms with Crippen molar-refractivity contribution in [2.24, 2.45) is 0 Å². The highest BCUT2D eigenvalue weighted by atomic mass is 35.5. The summed E-state index contributed by atoms with van der Waals surface area (Å²) in [6, 6.07) is 4.81. The highest BCUT2D eigenvalue weighted by molar-refractivity contribution is 6.42. The third kappa shape index (κ3) is 2.72. The molecule has 0 radical (unpaired) electrons. The molecule has 0 aliphatic heterocycles. The molecular weight excluding hydrogens is 284 g/mol. The summed E-state index contributed by atoms with van der Waals surface area (Å²) in [5, 5.41) is 0.950. The monoisotopic (exact) mass is 289 g/mol. The van der Waals surface area contributed by atoms with Crippen LogP contribution >= 0.6 is 34.8 Å². The van der Waals surface area contributed by atoms with E-state index in [-0.39, 0.29) is 16.7 Å². The predicted molar refractivity (Wildman–Crippen MR) is 68.0 cm³/mol. The largest absolute Gasteiger partial charge is 0.437 e. The Morgan fingerprint density at radius 1 is 1.06 bits per heavy atom. The summed E-state index contributed by atoms with van der Waals surface area (Å²) >= 11 is 17.4. The van der Waals surface area contributed by atoms with E-state index in [9.17, 15) is 0 Å². The van der Waals surface area contributed by atoms with Gasteiger partial charge in [-0.2, -0.15) is 4.98 Å². The van der Waals surface area contributed by atoms with Gasteiger partial charge >= 0.3 is 0 Å². The van der Waals surface area contributed by atoms with E-state index in [1.807, 2.05) is 0 Å². The summed E-state index contributed by atoms with van der Waals surface area (Å²) in [5.41, 5.74) is 5.82. The Morgan fingerprint density at radius 3 is 2.53 bits per heavy atom. The van der Waals surface area contributed by atoms with Crippen molar-refractivity contribution in [3.63, 3.8) is 0 Å². The second-order valence-corrected chi connectivity index (χ2v) is 4.23. The lowest BCUT2D eigenvalue weighted by molar-refractivity contribution is 0.464. The Morgan fingerprint density at radius 2 is 1.82 bits per heavy atom. The molecule has 0 saturated heterocycles. The molecule has 0 amide bonds. The number of halogens is 3. The molecule has 1 aromatic carbocycles. The van der Waals surface area contributed by atoms with Gasteiger partial charge in [0.25, 0.3) is 0 Å². The number of rotatable bonds is 2. The van der Waals surface area contributed by atoms with E-state index >= 15 is 0 Å². The molecule has 0 fully saturated rings. The molecule has 0 saturated carbocycles. The molecule has 0 spiro atoms.